The summed E-state index contributed by atoms with van der Waals surface area (Å²) in [5.74, 6) is 1.10. The maximum atomic E-state index is 13.8. The second-order valence-electron chi connectivity index (χ2n) is 14.3. The number of nitrogens with zero attached hydrogens (tertiary/aromatic N) is 6. The van der Waals surface area contributed by atoms with Crippen molar-refractivity contribution in [1.29, 1.82) is 0 Å². The van der Waals surface area contributed by atoms with E-state index in [0.717, 1.165) is 60.5 Å². The summed E-state index contributed by atoms with van der Waals surface area (Å²) in [6.45, 7) is 12.4. The fraction of sp³-hybridized carbons (Fsp3) is 0.500. The number of aryl methyl sites for hydroxylation is 2. The molecule has 9 heteroatoms. The largest absolute Gasteiger partial charge is 0.493 e. The molecule has 0 radical (unpaired) electrons. The number of pyridine rings is 2. The van der Waals surface area contributed by atoms with E-state index in [0.29, 0.717) is 29.2 Å². The lowest BCUT2D eigenvalue weighted by molar-refractivity contribution is 0.0945. The lowest BCUT2D eigenvalue weighted by atomic mass is 9.71. The first-order chi connectivity index (χ1) is 21.7. The lowest BCUT2D eigenvalue weighted by Gasteiger charge is -2.46. The fourth-order valence-corrected chi connectivity index (χ4v) is 7.25. The average molecular weight is 608 g/mol. The first kappa shape index (κ1) is 29.7. The van der Waals surface area contributed by atoms with E-state index in [9.17, 15) is 4.79 Å². The van der Waals surface area contributed by atoms with Crippen LogP contribution in [-0.4, -0.2) is 70.2 Å². The molecule has 3 aliphatic rings. The van der Waals surface area contributed by atoms with Crippen molar-refractivity contribution in [2.75, 3.05) is 50.1 Å². The van der Waals surface area contributed by atoms with E-state index >= 15 is 0 Å². The van der Waals surface area contributed by atoms with Crippen molar-refractivity contribution in [3.05, 3.63) is 60.0 Å². The minimum atomic E-state index is -0.210. The van der Waals surface area contributed by atoms with Crippen LogP contribution >= 0.6 is 0 Å². The predicted octanol–water partition coefficient (Wildman–Crippen LogP) is 6.57. The Labute approximate surface area is 266 Å². The van der Waals surface area contributed by atoms with E-state index in [1.165, 1.54) is 44.5 Å². The van der Waals surface area contributed by atoms with Gasteiger partial charge in [-0.1, -0.05) is 13.8 Å². The zero-order valence-electron chi connectivity index (χ0n) is 27.1. The number of carbonyl (C=O) groups excluding carboxylic acids is 1. The molecule has 1 aromatic carbocycles. The number of hydrogen-bond donors (Lipinski definition) is 1. The van der Waals surface area contributed by atoms with Crippen LogP contribution in [0.3, 0.4) is 0 Å². The van der Waals surface area contributed by atoms with Crippen molar-refractivity contribution in [3.8, 4) is 17.0 Å². The van der Waals surface area contributed by atoms with Crippen LogP contribution in [0.2, 0.25) is 0 Å². The van der Waals surface area contributed by atoms with Crippen LogP contribution in [0.5, 0.6) is 5.75 Å². The molecule has 7 rings (SSSR count). The van der Waals surface area contributed by atoms with Crippen LogP contribution in [0, 0.1) is 17.8 Å². The standard InChI is InChI=1S/C36H45N7O2/c1-25-21-26-22-30(38-25)28-24-37-14-7-32(28)45-20-13-35(2,3)8-19-43-31-23-27(5-6-29(31)39-34(43)40-33(26)44)42-17-11-36(12-18-42)9-15-41(4)16-10-36/h5-7,14,21-24H,8-13,15-20H2,1-4H3,(H,39,40,44). The Hall–Kier alpha value is -3.98. The maximum absolute atomic E-state index is 13.8. The average Bonchev–Trinajstić information content (AvgIpc) is 3.37. The van der Waals surface area contributed by atoms with Crippen LogP contribution < -0.4 is 15.0 Å². The van der Waals surface area contributed by atoms with Gasteiger partial charge in [0.25, 0.3) is 5.91 Å². The number of ether oxygens (including phenoxy) is 1. The van der Waals surface area contributed by atoms with Crippen molar-refractivity contribution in [2.45, 2.75) is 65.8 Å². The highest BCUT2D eigenvalue weighted by atomic mass is 16.5. The van der Waals surface area contributed by atoms with Crippen LogP contribution in [0.1, 0.15) is 68.4 Å². The van der Waals surface area contributed by atoms with Gasteiger partial charge in [-0.15, -0.1) is 0 Å². The first-order valence-corrected chi connectivity index (χ1v) is 16.5. The summed E-state index contributed by atoms with van der Waals surface area (Å²) in [4.78, 5) is 32.8. The Kier molecular flexibility index (Phi) is 7.76. The third-order valence-corrected chi connectivity index (χ3v) is 10.5. The van der Waals surface area contributed by atoms with Gasteiger partial charge in [0.05, 0.1) is 28.9 Å². The topological polar surface area (TPSA) is 88.4 Å². The molecule has 3 aromatic heterocycles. The van der Waals surface area contributed by atoms with E-state index in [1.54, 1.807) is 12.4 Å². The normalized spacial score (nSPS) is 20.4. The number of hydrogen-bond acceptors (Lipinski definition) is 7. The number of likely N-dealkylation sites (tertiary alicyclic amines) is 1. The molecule has 236 valence electrons. The molecule has 6 heterocycles. The van der Waals surface area contributed by atoms with Crippen molar-refractivity contribution >= 4 is 28.6 Å². The third-order valence-electron chi connectivity index (χ3n) is 10.5. The van der Waals surface area contributed by atoms with Gasteiger partial charge < -0.3 is 19.1 Å². The van der Waals surface area contributed by atoms with Gasteiger partial charge >= 0.3 is 0 Å². The van der Waals surface area contributed by atoms with Gasteiger partial charge in [0, 0.05) is 49.0 Å². The number of amides is 1. The number of benzene rings is 1. The van der Waals surface area contributed by atoms with Gasteiger partial charge in [-0.3, -0.25) is 20.1 Å². The molecule has 4 aromatic rings. The van der Waals surface area contributed by atoms with Gasteiger partial charge in [-0.2, -0.15) is 0 Å². The van der Waals surface area contributed by atoms with Crippen LogP contribution in [0.25, 0.3) is 22.3 Å². The molecular formula is C36H45N7O2. The molecule has 0 atom stereocenters. The van der Waals surface area contributed by atoms with E-state index in [2.05, 4.69) is 63.8 Å². The first-order valence-electron chi connectivity index (χ1n) is 16.5. The number of imidazole rings is 1. The monoisotopic (exact) mass is 607 g/mol. The lowest BCUT2D eigenvalue weighted by Crippen LogP contribution is -2.46. The summed E-state index contributed by atoms with van der Waals surface area (Å²) in [7, 11) is 2.24. The summed E-state index contributed by atoms with van der Waals surface area (Å²) in [6.07, 6.45) is 10.4. The van der Waals surface area contributed by atoms with Gasteiger partial charge in [-0.25, -0.2) is 4.98 Å². The number of fused-ring (bicyclic) bond motifs is 7. The van der Waals surface area contributed by atoms with Gasteiger partial charge in [0.15, 0.2) is 0 Å². The van der Waals surface area contributed by atoms with Crippen molar-refractivity contribution < 1.29 is 9.53 Å². The smallest absolute Gasteiger partial charge is 0.258 e. The van der Waals surface area contributed by atoms with Crippen LogP contribution in [0.4, 0.5) is 11.6 Å². The van der Waals surface area contributed by atoms with Gasteiger partial charge in [0.1, 0.15) is 5.75 Å². The number of piperidine rings is 2. The Bertz CT molecular complexity index is 1710. The third kappa shape index (κ3) is 6.15. The Balaban J connectivity index is 1.22. The number of carbonyl (C=O) groups is 1. The summed E-state index contributed by atoms with van der Waals surface area (Å²) < 4.78 is 8.51. The zero-order valence-corrected chi connectivity index (χ0v) is 27.1. The summed E-state index contributed by atoms with van der Waals surface area (Å²) in [5, 5.41) is 3.17. The fourth-order valence-electron chi connectivity index (χ4n) is 7.25. The molecule has 0 saturated carbocycles. The van der Waals surface area contributed by atoms with E-state index in [1.807, 2.05) is 25.1 Å². The van der Waals surface area contributed by atoms with E-state index in [4.69, 9.17) is 14.7 Å². The molecule has 0 aliphatic carbocycles. The zero-order chi connectivity index (χ0) is 31.2. The number of rotatable bonds is 1. The number of aromatic nitrogens is 4. The SMILES string of the molecule is Cc1cc2cc(n1)-c1cnccc1OCCC(C)(C)CCn1c(nc3ccc(N4CCC5(CCN(C)CC5)CC4)cc31)NC2=O. The molecule has 3 aliphatic heterocycles. The maximum Gasteiger partial charge on any atom is 0.258 e. The second-order valence-corrected chi connectivity index (χ2v) is 14.3. The molecule has 0 unspecified atom stereocenters. The van der Waals surface area contributed by atoms with Gasteiger partial charge in [-0.05, 0) is 113 Å². The summed E-state index contributed by atoms with van der Waals surface area (Å²) in [5.41, 5.74) is 6.43. The molecule has 1 spiro atoms. The van der Waals surface area contributed by atoms with Crippen LogP contribution in [-0.2, 0) is 6.54 Å². The highest BCUT2D eigenvalue weighted by Crippen LogP contribution is 2.42. The van der Waals surface area contributed by atoms with Crippen molar-refractivity contribution in [2.24, 2.45) is 10.8 Å². The Morgan fingerprint density at radius 3 is 2.47 bits per heavy atom. The molecule has 45 heavy (non-hydrogen) atoms. The quantitative estimate of drug-likeness (QED) is 0.262. The van der Waals surface area contributed by atoms with E-state index < -0.39 is 0 Å². The highest BCUT2D eigenvalue weighted by Gasteiger charge is 2.37. The van der Waals surface area contributed by atoms with Crippen LogP contribution in [0.15, 0.2) is 48.8 Å². The summed E-state index contributed by atoms with van der Waals surface area (Å²) in [6, 6.07) is 12.1. The number of anilines is 2. The molecular weight excluding hydrogens is 562 g/mol. The molecule has 2 bridgehead atoms. The van der Waals surface area contributed by atoms with Gasteiger partial charge in [0.2, 0.25) is 5.95 Å². The molecule has 2 fully saturated rings. The minimum Gasteiger partial charge on any atom is -0.493 e. The molecule has 1 amide bonds. The highest BCUT2D eigenvalue weighted by molar-refractivity contribution is 6.05. The van der Waals surface area contributed by atoms with Crippen molar-refractivity contribution in [3.63, 3.8) is 0 Å². The second kappa shape index (κ2) is 11.7. The summed E-state index contributed by atoms with van der Waals surface area (Å²) >= 11 is 0. The molecule has 1 N–H and O–H groups in total. The minimum absolute atomic E-state index is 0.00450. The Morgan fingerprint density at radius 2 is 1.67 bits per heavy atom. The molecule has 2 saturated heterocycles. The van der Waals surface area contributed by atoms with E-state index in [-0.39, 0.29) is 11.3 Å². The molecule has 9 nitrogen and oxygen atoms in total. The Morgan fingerprint density at radius 1 is 0.889 bits per heavy atom. The predicted molar refractivity (Wildman–Crippen MR) is 179 cm³/mol. The number of nitrogens with one attached hydrogen (secondary N) is 1. The van der Waals surface area contributed by atoms with Crippen molar-refractivity contribution in [1.82, 2.24) is 24.4 Å².